The third kappa shape index (κ3) is 2.82. The van der Waals surface area contributed by atoms with Crippen molar-refractivity contribution in [1.82, 2.24) is 5.32 Å². The lowest BCUT2D eigenvalue weighted by Crippen LogP contribution is -2.13. The van der Waals surface area contributed by atoms with Crippen LogP contribution in [0.5, 0.6) is 17.2 Å². The zero-order valence-electron chi connectivity index (χ0n) is 11.0. The number of hydrogen-bond donors (Lipinski definition) is 1. The van der Waals surface area contributed by atoms with Crippen LogP contribution in [0.15, 0.2) is 12.1 Å². The van der Waals surface area contributed by atoms with Gasteiger partial charge in [-0.1, -0.05) is 0 Å². The van der Waals surface area contributed by atoms with Gasteiger partial charge in [0.05, 0.1) is 21.3 Å². The standard InChI is InChI=1S/C13H19NO3.ClH/c1-15-11-7-9(10-5-4-6-14-10)8-12(16-2)13(11)17-3;/h7-8,10,14H,4-6H2,1-3H3;1H/t10-;/m0./s1. The zero-order chi connectivity index (χ0) is 12.3. The van der Waals surface area contributed by atoms with Crippen LogP contribution in [-0.2, 0) is 0 Å². The monoisotopic (exact) mass is 273 g/mol. The molecule has 0 aromatic heterocycles. The Balaban J connectivity index is 0.00000162. The number of hydrogen-bond acceptors (Lipinski definition) is 4. The van der Waals surface area contributed by atoms with E-state index in [1.807, 2.05) is 12.1 Å². The molecule has 1 aliphatic rings. The molecule has 1 fully saturated rings. The van der Waals surface area contributed by atoms with Crippen LogP contribution in [0.3, 0.4) is 0 Å². The number of methoxy groups -OCH3 is 3. The summed E-state index contributed by atoms with van der Waals surface area (Å²) in [5.74, 6) is 2.09. The molecule has 0 spiro atoms. The van der Waals surface area contributed by atoms with Crippen LogP contribution < -0.4 is 19.5 Å². The molecule has 5 heteroatoms. The predicted octanol–water partition coefficient (Wildman–Crippen LogP) is 2.56. The number of rotatable bonds is 4. The van der Waals surface area contributed by atoms with Crippen LogP contribution in [0.4, 0.5) is 0 Å². The summed E-state index contributed by atoms with van der Waals surface area (Å²) in [6.45, 7) is 1.07. The van der Waals surface area contributed by atoms with Crippen molar-refractivity contribution in [3.05, 3.63) is 17.7 Å². The SMILES string of the molecule is COc1cc([C@@H]2CCCN2)cc(OC)c1OC.Cl. The van der Waals surface area contributed by atoms with E-state index >= 15 is 0 Å². The molecule has 0 radical (unpaired) electrons. The molecule has 1 N–H and O–H groups in total. The summed E-state index contributed by atoms with van der Waals surface area (Å²) in [6, 6.07) is 4.43. The minimum Gasteiger partial charge on any atom is -0.493 e. The van der Waals surface area contributed by atoms with Crippen molar-refractivity contribution in [2.45, 2.75) is 18.9 Å². The van der Waals surface area contributed by atoms with Crippen LogP contribution in [0.1, 0.15) is 24.4 Å². The summed E-state index contributed by atoms with van der Waals surface area (Å²) in [7, 11) is 4.90. The van der Waals surface area contributed by atoms with Crippen molar-refractivity contribution in [1.29, 1.82) is 0 Å². The Labute approximate surface area is 114 Å². The zero-order valence-corrected chi connectivity index (χ0v) is 11.8. The van der Waals surface area contributed by atoms with Crippen LogP contribution >= 0.6 is 12.4 Å². The van der Waals surface area contributed by atoms with Gasteiger partial charge < -0.3 is 19.5 Å². The minimum atomic E-state index is 0. The Hall–Kier alpha value is -1.13. The third-order valence-electron chi connectivity index (χ3n) is 3.15. The Morgan fingerprint density at radius 2 is 1.67 bits per heavy atom. The normalized spacial score (nSPS) is 18.1. The summed E-state index contributed by atoms with van der Waals surface area (Å²) < 4.78 is 16.0. The maximum Gasteiger partial charge on any atom is 0.203 e. The fourth-order valence-electron chi connectivity index (χ4n) is 2.27. The second-order valence-electron chi connectivity index (χ2n) is 4.11. The molecule has 0 bridgehead atoms. The van der Waals surface area contributed by atoms with Gasteiger partial charge in [-0.05, 0) is 37.1 Å². The van der Waals surface area contributed by atoms with E-state index in [0.717, 1.165) is 24.5 Å². The number of benzene rings is 1. The average Bonchev–Trinajstić information content (AvgIpc) is 2.90. The summed E-state index contributed by atoms with van der Waals surface area (Å²) in [6.07, 6.45) is 2.36. The van der Waals surface area contributed by atoms with E-state index in [1.54, 1.807) is 21.3 Å². The largest absolute Gasteiger partial charge is 0.493 e. The van der Waals surface area contributed by atoms with E-state index < -0.39 is 0 Å². The van der Waals surface area contributed by atoms with E-state index in [0.29, 0.717) is 11.8 Å². The highest BCUT2D eigenvalue weighted by molar-refractivity contribution is 5.85. The van der Waals surface area contributed by atoms with Crippen molar-refractivity contribution in [2.75, 3.05) is 27.9 Å². The topological polar surface area (TPSA) is 39.7 Å². The summed E-state index contributed by atoms with van der Waals surface area (Å²) >= 11 is 0. The Bertz CT molecular complexity index is 367. The molecule has 1 saturated heterocycles. The van der Waals surface area contributed by atoms with Crippen LogP contribution in [0.2, 0.25) is 0 Å². The van der Waals surface area contributed by atoms with Gasteiger partial charge in [0, 0.05) is 6.04 Å². The number of halogens is 1. The fraction of sp³-hybridized carbons (Fsp3) is 0.538. The molecule has 2 rings (SSSR count). The first-order valence-electron chi connectivity index (χ1n) is 5.83. The molecule has 0 unspecified atom stereocenters. The molecule has 0 amide bonds. The fourth-order valence-corrected chi connectivity index (χ4v) is 2.27. The molecular weight excluding hydrogens is 254 g/mol. The van der Waals surface area contributed by atoms with Crippen LogP contribution in [-0.4, -0.2) is 27.9 Å². The molecule has 4 nitrogen and oxygen atoms in total. The summed E-state index contributed by atoms with van der Waals surface area (Å²) in [5.41, 5.74) is 1.19. The molecule has 18 heavy (non-hydrogen) atoms. The van der Waals surface area contributed by atoms with Crippen molar-refractivity contribution < 1.29 is 14.2 Å². The maximum atomic E-state index is 5.35. The quantitative estimate of drug-likeness (QED) is 0.915. The van der Waals surface area contributed by atoms with Crippen molar-refractivity contribution in [2.24, 2.45) is 0 Å². The molecule has 1 heterocycles. The van der Waals surface area contributed by atoms with E-state index in [-0.39, 0.29) is 12.4 Å². The van der Waals surface area contributed by atoms with E-state index in [9.17, 15) is 0 Å². The van der Waals surface area contributed by atoms with Gasteiger partial charge in [-0.3, -0.25) is 0 Å². The van der Waals surface area contributed by atoms with Crippen molar-refractivity contribution in [3.63, 3.8) is 0 Å². The lowest BCUT2D eigenvalue weighted by Gasteiger charge is -2.17. The van der Waals surface area contributed by atoms with Crippen molar-refractivity contribution in [3.8, 4) is 17.2 Å². The second-order valence-corrected chi connectivity index (χ2v) is 4.11. The minimum absolute atomic E-state index is 0. The molecular formula is C13H20ClNO3. The Kier molecular flexibility index (Phi) is 5.56. The smallest absolute Gasteiger partial charge is 0.203 e. The second kappa shape index (κ2) is 6.71. The molecule has 1 aliphatic heterocycles. The molecule has 0 saturated carbocycles. The van der Waals surface area contributed by atoms with Gasteiger partial charge in [-0.2, -0.15) is 0 Å². The maximum absolute atomic E-state index is 5.35. The van der Waals surface area contributed by atoms with Crippen LogP contribution in [0.25, 0.3) is 0 Å². The average molecular weight is 274 g/mol. The van der Waals surface area contributed by atoms with E-state index in [1.165, 1.54) is 12.0 Å². The van der Waals surface area contributed by atoms with Gasteiger partial charge in [0.15, 0.2) is 11.5 Å². The van der Waals surface area contributed by atoms with Gasteiger partial charge in [0.2, 0.25) is 5.75 Å². The van der Waals surface area contributed by atoms with Gasteiger partial charge in [0.1, 0.15) is 0 Å². The molecule has 1 aromatic rings. The van der Waals surface area contributed by atoms with Gasteiger partial charge in [-0.25, -0.2) is 0 Å². The lowest BCUT2D eigenvalue weighted by molar-refractivity contribution is 0.323. The van der Waals surface area contributed by atoms with E-state index in [2.05, 4.69) is 5.32 Å². The van der Waals surface area contributed by atoms with Gasteiger partial charge in [-0.15, -0.1) is 12.4 Å². The molecule has 1 atom stereocenters. The van der Waals surface area contributed by atoms with Crippen LogP contribution in [0, 0.1) is 0 Å². The number of ether oxygens (including phenoxy) is 3. The lowest BCUT2D eigenvalue weighted by atomic mass is 10.0. The van der Waals surface area contributed by atoms with Crippen molar-refractivity contribution >= 4 is 12.4 Å². The van der Waals surface area contributed by atoms with E-state index in [4.69, 9.17) is 14.2 Å². The third-order valence-corrected chi connectivity index (χ3v) is 3.15. The Morgan fingerprint density at radius 3 is 2.06 bits per heavy atom. The Morgan fingerprint density at radius 1 is 1.06 bits per heavy atom. The molecule has 0 aliphatic carbocycles. The first-order chi connectivity index (χ1) is 8.30. The highest BCUT2D eigenvalue weighted by Gasteiger charge is 2.20. The highest BCUT2D eigenvalue weighted by Crippen LogP contribution is 2.40. The predicted molar refractivity (Wildman–Crippen MR) is 73.3 cm³/mol. The molecule has 1 aromatic carbocycles. The van der Waals surface area contributed by atoms with Gasteiger partial charge >= 0.3 is 0 Å². The summed E-state index contributed by atoms with van der Waals surface area (Å²) in [5, 5.41) is 3.46. The van der Waals surface area contributed by atoms with Gasteiger partial charge in [0.25, 0.3) is 0 Å². The number of nitrogens with one attached hydrogen (secondary N) is 1. The molecule has 102 valence electrons. The first-order valence-corrected chi connectivity index (χ1v) is 5.83. The first kappa shape index (κ1) is 14.9. The summed E-state index contributed by atoms with van der Waals surface area (Å²) in [4.78, 5) is 0. The highest BCUT2D eigenvalue weighted by atomic mass is 35.5.